The van der Waals surface area contributed by atoms with Crippen LogP contribution in [0.25, 0.3) is 22.2 Å². The summed E-state index contributed by atoms with van der Waals surface area (Å²) in [5.74, 6) is -0.843. The maximum absolute atomic E-state index is 14.5. The number of ether oxygens (including phenoxy) is 1. The summed E-state index contributed by atoms with van der Waals surface area (Å²) >= 11 is 0. The summed E-state index contributed by atoms with van der Waals surface area (Å²) in [6, 6.07) is 7.91. The summed E-state index contributed by atoms with van der Waals surface area (Å²) in [6.07, 6.45) is 1.61. The molecule has 2 aromatic heterocycles. The molecule has 2 heterocycles. The first-order chi connectivity index (χ1) is 15.9. The van der Waals surface area contributed by atoms with Crippen molar-refractivity contribution in [3.05, 3.63) is 77.3 Å². The number of rotatable bonds is 5. The first-order valence-corrected chi connectivity index (χ1v) is 10.5. The molecule has 0 atom stereocenters. The Kier molecular flexibility index (Phi) is 5.32. The normalized spacial score (nSPS) is 17.7. The van der Waals surface area contributed by atoms with Crippen molar-refractivity contribution in [1.82, 2.24) is 15.3 Å². The Morgan fingerprint density at radius 2 is 1.94 bits per heavy atom. The molecule has 4 aromatic rings. The molecule has 1 aliphatic carbocycles. The van der Waals surface area contributed by atoms with E-state index in [1.165, 1.54) is 18.2 Å². The van der Waals surface area contributed by atoms with Crippen LogP contribution in [0.1, 0.15) is 36.0 Å². The fourth-order valence-electron chi connectivity index (χ4n) is 4.23. The van der Waals surface area contributed by atoms with E-state index in [0.717, 1.165) is 11.6 Å². The van der Waals surface area contributed by atoms with E-state index < -0.39 is 23.5 Å². The van der Waals surface area contributed by atoms with E-state index in [-0.39, 0.29) is 24.1 Å². The highest BCUT2D eigenvalue weighted by Gasteiger charge is 2.37. The summed E-state index contributed by atoms with van der Waals surface area (Å²) in [5, 5.41) is 3.02. The van der Waals surface area contributed by atoms with Crippen LogP contribution < -0.4 is 5.32 Å². The van der Waals surface area contributed by atoms with Gasteiger partial charge in [0.1, 0.15) is 29.3 Å². The smallest absolute Gasteiger partial charge is 0.407 e. The van der Waals surface area contributed by atoms with Gasteiger partial charge in [0.05, 0.1) is 24.0 Å². The minimum Gasteiger partial charge on any atom is -0.446 e. The molecule has 0 saturated heterocycles. The third kappa shape index (κ3) is 4.18. The van der Waals surface area contributed by atoms with Crippen molar-refractivity contribution in [1.29, 1.82) is 0 Å². The molecule has 0 unspecified atom stereocenters. The molecule has 6 nitrogen and oxygen atoms in total. The highest BCUT2D eigenvalue weighted by atomic mass is 19.1. The number of amides is 1. The fraction of sp³-hybridized carbons (Fsp3) is 0.250. The molecule has 0 radical (unpaired) electrons. The Morgan fingerprint density at radius 1 is 1.18 bits per heavy atom. The van der Waals surface area contributed by atoms with Crippen LogP contribution in [0.3, 0.4) is 0 Å². The van der Waals surface area contributed by atoms with Gasteiger partial charge in [-0.1, -0.05) is 0 Å². The fourth-order valence-corrected chi connectivity index (χ4v) is 4.23. The monoisotopic (exact) mass is 455 g/mol. The number of H-pyrrole nitrogens is 1. The van der Waals surface area contributed by atoms with E-state index in [1.54, 1.807) is 25.3 Å². The minimum absolute atomic E-state index is 0.0906. The standard InChI is InChI=1S/C24H20F3N3O3/c1-12-10-28-20(32-12)11-29-24(31)33-17-6-14(7-17)21-18-8-16(26)9-19(27)23(18)30-22(21)13-2-4-15(25)5-3-13/h2-5,8-10,14,17,30H,6-7,11H2,1H3,(H,29,31). The zero-order valence-corrected chi connectivity index (χ0v) is 17.6. The Bertz CT molecular complexity index is 1320. The number of oxazole rings is 1. The van der Waals surface area contributed by atoms with Crippen molar-refractivity contribution < 1.29 is 27.1 Å². The van der Waals surface area contributed by atoms with Crippen molar-refractivity contribution >= 4 is 17.0 Å². The number of hydrogen-bond acceptors (Lipinski definition) is 4. The van der Waals surface area contributed by atoms with Crippen LogP contribution >= 0.6 is 0 Å². The third-order valence-corrected chi connectivity index (χ3v) is 5.83. The van der Waals surface area contributed by atoms with Gasteiger partial charge in [-0.3, -0.25) is 0 Å². The van der Waals surface area contributed by atoms with Crippen LogP contribution in [-0.4, -0.2) is 22.2 Å². The molecule has 170 valence electrons. The Morgan fingerprint density at radius 3 is 2.64 bits per heavy atom. The van der Waals surface area contributed by atoms with Crippen molar-refractivity contribution in [3.63, 3.8) is 0 Å². The number of aromatic amines is 1. The Labute approximate surface area is 186 Å². The van der Waals surface area contributed by atoms with Gasteiger partial charge in [0.25, 0.3) is 0 Å². The zero-order chi connectivity index (χ0) is 23.1. The average molecular weight is 455 g/mol. The molecule has 1 fully saturated rings. The van der Waals surface area contributed by atoms with E-state index in [2.05, 4.69) is 15.3 Å². The average Bonchev–Trinajstić information content (AvgIpc) is 3.33. The second kappa shape index (κ2) is 8.31. The van der Waals surface area contributed by atoms with E-state index in [9.17, 15) is 18.0 Å². The van der Waals surface area contributed by atoms with Crippen molar-refractivity contribution in [2.24, 2.45) is 0 Å². The summed E-state index contributed by atoms with van der Waals surface area (Å²) < 4.78 is 52.6. The molecule has 2 N–H and O–H groups in total. The zero-order valence-electron chi connectivity index (χ0n) is 17.6. The van der Waals surface area contributed by atoms with Crippen molar-refractivity contribution in [3.8, 4) is 11.3 Å². The van der Waals surface area contributed by atoms with Gasteiger partial charge in [0.15, 0.2) is 0 Å². The van der Waals surface area contributed by atoms with Crippen LogP contribution in [0.2, 0.25) is 0 Å². The lowest BCUT2D eigenvalue weighted by Crippen LogP contribution is -2.36. The molecule has 9 heteroatoms. The molecule has 33 heavy (non-hydrogen) atoms. The van der Waals surface area contributed by atoms with Crippen LogP contribution in [-0.2, 0) is 11.3 Å². The molecular weight excluding hydrogens is 435 g/mol. The van der Waals surface area contributed by atoms with Crippen LogP contribution in [0, 0.1) is 24.4 Å². The Hall–Kier alpha value is -3.75. The highest BCUT2D eigenvalue weighted by Crippen LogP contribution is 2.46. The van der Waals surface area contributed by atoms with Gasteiger partial charge in [-0.25, -0.2) is 22.9 Å². The number of hydrogen-bond donors (Lipinski definition) is 2. The quantitative estimate of drug-likeness (QED) is 0.403. The van der Waals surface area contributed by atoms with Crippen molar-refractivity contribution in [2.45, 2.75) is 38.3 Å². The number of aryl methyl sites for hydroxylation is 1. The van der Waals surface area contributed by atoms with E-state index >= 15 is 0 Å². The second-order valence-corrected chi connectivity index (χ2v) is 8.14. The maximum atomic E-state index is 14.5. The molecular formula is C24H20F3N3O3. The third-order valence-electron chi connectivity index (χ3n) is 5.83. The molecule has 0 aliphatic heterocycles. The highest BCUT2D eigenvalue weighted by molar-refractivity contribution is 5.92. The number of carbonyl (C=O) groups is 1. The van der Waals surface area contributed by atoms with E-state index in [0.29, 0.717) is 41.1 Å². The molecule has 0 spiro atoms. The topological polar surface area (TPSA) is 80.1 Å². The lowest BCUT2D eigenvalue weighted by Gasteiger charge is -2.35. The lowest BCUT2D eigenvalue weighted by molar-refractivity contribution is 0.0393. The number of nitrogens with zero attached hydrogens (tertiary/aromatic N) is 1. The number of nitrogens with one attached hydrogen (secondary N) is 2. The molecule has 1 aliphatic rings. The van der Waals surface area contributed by atoms with Gasteiger partial charge in [0, 0.05) is 11.5 Å². The SMILES string of the molecule is Cc1cnc(CNC(=O)OC2CC(c3c(-c4ccc(F)cc4)[nH]c4c(F)cc(F)cc34)C2)o1. The lowest BCUT2D eigenvalue weighted by atomic mass is 9.75. The largest absolute Gasteiger partial charge is 0.446 e. The summed E-state index contributed by atoms with van der Waals surface area (Å²) in [5.41, 5.74) is 2.17. The first kappa shape index (κ1) is 21.1. The number of aromatic nitrogens is 2. The van der Waals surface area contributed by atoms with E-state index in [4.69, 9.17) is 9.15 Å². The van der Waals surface area contributed by atoms with Crippen LogP contribution in [0.4, 0.5) is 18.0 Å². The Balaban J connectivity index is 1.34. The first-order valence-electron chi connectivity index (χ1n) is 10.5. The van der Waals surface area contributed by atoms with Gasteiger partial charge in [-0.05, 0) is 67.1 Å². The number of benzene rings is 2. The van der Waals surface area contributed by atoms with Gasteiger partial charge < -0.3 is 19.5 Å². The molecule has 0 bridgehead atoms. The van der Waals surface area contributed by atoms with Gasteiger partial charge >= 0.3 is 6.09 Å². The molecule has 1 saturated carbocycles. The summed E-state index contributed by atoms with van der Waals surface area (Å²) in [7, 11) is 0. The van der Waals surface area contributed by atoms with E-state index in [1.807, 2.05) is 0 Å². The molecule has 5 rings (SSSR count). The van der Waals surface area contributed by atoms with Gasteiger partial charge in [-0.15, -0.1) is 0 Å². The number of fused-ring (bicyclic) bond motifs is 1. The number of alkyl carbamates (subject to hydrolysis) is 1. The van der Waals surface area contributed by atoms with Crippen molar-refractivity contribution in [2.75, 3.05) is 0 Å². The molecule has 1 amide bonds. The predicted octanol–water partition coefficient (Wildman–Crippen LogP) is 5.72. The predicted molar refractivity (Wildman–Crippen MR) is 114 cm³/mol. The summed E-state index contributed by atoms with van der Waals surface area (Å²) in [6.45, 7) is 1.87. The number of halogens is 3. The number of carbonyl (C=O) groups excluding carboxylic acids is 1. The van der Waals surface area contributed by atoms with Gasteiger partial charge in [0.2, 0.25) is 5.89 Å². The van der Waals surface area contributed by atoms with Crippen LogP contribution in [0.5, 0.6) is 0 Å². The molecule has 2 aromatic carbocycles. The minimum atomic E-state index is -0.701. The second-order valence-electron chi connectivity index (χ2n) is 8.14. The van der Waals surface area contributed by atoms with Crippen LogP contribution in [0.15, 0.2) is 47.0 Å². The van der Waals surface area contributed by atoms with Gasteiger partial charge in [-0.2, -0.15) is 0 Å². The maximum Gasteiger partial charge on any atom is 0.407 e. The summed E-state index contributed by atoms with van der Waals surface area (Å²) in [4.78, 5) is 19.1.